The first-order valence-electron chi connectivity index (χ1n) is 29.4. The predicted molar refractivity (Wildman–Crippen MR) is 316 cm³/mol. The van der Waals surface area contributed by atoms with Crippen molar-refractivity contribution in [2.24, 2.45) is 0 Å². The summed E-state index contributed by atoms with van der Waals surface area (Å²) in [7, 11) is -4.78. The highest BCUT2D eigenvalue weighted by Gasteiger charge is 2.28. The van der Waals surface area contributed by atoms with Crippen molar-refractivity contribution in [1.82, 2.24) is 0 Å². The third-order valence-corrected chi connectivity index (χ3v) is 12.8. The summed E-state index contributed by atoms with van der Waals surface area (Å²) >= 11 is 0. The number of allylic oxidation sites excluding steroid dienone is 20. The molecule has 0 heterocycles. The summed E-state index contributed by atoms with van der Waals surface area (Å²) in [6.07, 6.45) is 70.2. The van der Waals surface area contributed by atoms with Crippen LogP contribution in [0, 0.1) is 0 Å². The number of aliphatic hydroxyl groups excluding tert-OH is 1. The van der Waals surface area contributed by atoms with Crippen molar-refractivity contribution in [3.8, 4) is 0 Å². The van der Waals surface area contributed by atoms with E-state index in [0.717, 1.165) is 122 Å². The van der Waals surface area contributed by atoms with Gasteiger partial charge in [0.25, 0.3) is 0 Å². The normalized spacial score (nSPS) is 14.2. The van der Waals surface area contributed by atoms with Crippen LogP contribution in [0.3, 0.4) is 0 Å². The van der Waals surface area contributed by atoms with Gasteiger partial charge in [0.1, 0.15) is 12.7 Å². The lowest BCUT2D eigenvalue weighted by Gasteiger charge is -2.21. The molecule has 0 fully saturated rings. The lowest BCUT2D eigenvalue weighted by atomic mass is 10.1. The van der Waals surface area contributed by atoms with Gasteiger partial charge in [0.05, 0.1) is 19.8 Å². The molecule has 2 N–H and O–H groups in total. The summed E-state index contributed by atoms with van der Waals surface area (Å²) in [5, 5.41) is 9.82. The quantitative estimate of drug-likeness (QED) is 0.0197. The molecule has 0 saturated carbocycles. The molecule has 0 bridgehead atoms. The summed E-state index contributed by atoms with van der Waals surface area (Å²) in [6.45, 7) is 4.29. The minimum atomic E-state index is -4.78. The standard InChI is InChI=1S/C64H105O11P/c1-4-7-10-13-16-19-22-25-28-30-33-35-38-41-44-47-50-53-62(66)71-57-61(75-64(68)55-52-49-46-43-40-37-34-31-29-26-23-20-17-14-11-8-5-2)59-73-76(69,70)72-58-60(56-65)74-63(67)54-51-48-45-42-39-36-32-27-24-21-18-15-12-9-6-3/h8-9,11-12,16-21,25-29,32,34,37,43,46,60-61,65H,4-7,10,13-15,22-24,30-31,33,35-36,38-42,44-45,47-59H2,1-3H3,(H,69,70)/b11-8-,12-9-,19-16-,20-17-,21-18-,28-25-,29-26-,32-27-,37-34-,46-43-. The van der Waals surface area contributed by atoms with Crippen molar-refractivity contribution >= 4 is 25.7 Å². The maximum atomic E-state index is 12.9. The molecule has 432 valence electrons. The van der Waals surface area contributed by atoms with E-state index >= 15 is 0 Å². The van der Waals surface area contributed by atoms with Crippen LogP contribution in [-0.2, 0) is 42.2 Å². The van der Waals surface area contributed by atoms with Gasteiger partial charge in [-0.2, -0.15) is 0 Å². The summed E-state index contributed by atoms with van der Waals surface area (Å²) in [5.74, 6) is -1.57. The number of carbonyl (C=O) groups is 3. The average Bonchev–Trinajstić information content (AvgIpc) is 3.41. The highest BCUT2D eigenvalue weighted by molar-refractivity contribution is 7.47. The molecular formula is C64H105O11P. The number of unbranched alkanes of at least 4 members (excludes halogenated alkanes) is 16. The largest absolute Gasteiger partial charge is 0.472 e. The first-order chi connectivity index (χ1) is 37.2. The van der Waals surface area contributed by atoms with E-state index in [1.807, 2.05) is 12.2 Å². The SMILES string of the molecule is CC/C=C\C/C=C\C/C=C\C/C=C\C/C=C\CCCC(=O)OC(COC(=O)CCCCCCCCC/C=C\C/C=C\CCCCC)COP(=O)(O)OCC(CO)OC(=O)CCCCCCC/C=C\C/C=C\C/C=C\CC. The molecule has 0 radical (unpaired) electrons. The highest BCUT2D eigenvalue weighted by Crippen LogP contribution is 2.43. The third-order valence-electron chi connectivity index (χ3n) is 11.8. The average molecular weight is 1080 g/mol. The second-order valence-electron chi connectivity index (χ2n) is 19.0. The highest BCUT2D eigenvalue weighted by atomic mass is 31.2. The first-order valence-corrected chi connectivity index (χ1v) is 30.9. The van der Waals surface area contributed by atoms with Gasteiger partial charge in [-0.25, -0.2) is 4.57 Å². The predicted octanol–water partition coefficient (Wildman–Crippen LogP) is 17.6. The fraction of sp³-hybridized carbons (Fsp3) is 0.641. The molecule has 0 rings (SSSR count). The van der Waals surface area contributed by atoms with E-state index in [1.54, 1.807) is 0 Å². The number of hydrogen-bond acceptors (Lipinski definition) is 10. The van der Waals surface area contributed by atoms with Gasteiger partial charge in [0.15, 0.2) is 6.10 Å². The molecule has 3 atom stereocenters. The monoisotopic (exact) mass is 1080 g/mol. The lowest BCUT2D eigenvalue weighted by molar-refractivity contribution is -0.161. The van der Waals surface area contributed by atoms with Crippen LogP contribution in [0.25, 0.3) is 0 Å². The fourth-order valence-corrected chi connectivity index (χ4v) is 8.22. The van der Waals surface area contributed by atoms with E-state index in [1.165, 1.54) is 38.5 Å². The maximum Gasteiger partial charge on any atom is 0.472 e. The fourth-order valence-electron chi connectivity index (χ4n) is 7.44. The molecule has 0 aliphatic heterocycles. The van der Waals surface area contributed by atoms with Gasteiger partial charge in [-0.3, -0.25) is 23.4 Å². The molecule has 0 aromatic carbocycles. The van der Waals surface area contributed by atoms with E-state index in [4.69, 9.17) is 23.3 Å². The minimum absolute atomic E-state index is 0.0802. The van der Waals surface area contributed by atoms with Crippen molar-refractivity contribution < 1.29 is 52.2 Å². The van der Waals surface area contributed by atoms with Crippen LogP contribution in [-0.4, -0.2) is 66.5 Å². The van der Waals surface area contributed by atoms with E-state index < -0.39 is 57.8 Å². The molecule has 0 amide bonds. The van der Waals surface area contributed by atoms with Crippen molar-refractivity contribution in [3.05, 3.63) is 122 Å². The van der Waals surface area contributed by atoms with Crippen LogP contribution in [0.5, 0.6) is 0 Å². The smallest absolute Gasteiger partial charge is 0.462 e. The molecule has 0 aliphatic carbocycles. The van der Waals surface area contributed by atoms with E-state index in [9.17, 15) is 28.9 Å². The zero-order valence-corrected chi connectivity index (χ0v) is 48.6. The van der Waals surface area contributed by atoms with Crippen molar-refractivity contribution in [2.45, 2.75) is 238 Å². The molecule has 0 aromatic heterocycles. The minimum Gasteiger partial charge on any atom is -0.462 e. The van der Waals surface area contributed by atoms with Gasteiger partial charge in [-0.1, -0.05) is 206 Å². The molecular weight excluding hydrogens is 976 g/mol. The van der Waals surface area contributed by atoms with E-state index in [2.05, 4.69) is 130 Å². The van der Waals surface area contributed by atoms with Crippen molar-refractivity contribution in [2.75, 3.05) is 26.4 Å². The number of rotatable bonds is 53. The Morgan fingerprint density at radius 1 is 0.382 bits per heavy atom. The number of esters is 3. The van der Waals surface area contributed by atoms with E-state index in [-0.39, 0.29) is 25.9 Å². The third kappa shape index (κ3) is 54.7. The van der Waals surface area contributed by atoms with Gasteiger partial charge < -0.3 is 24.2 Å². The van der Waals surface area contributed by atoms with Crippen LogP contribution in [0.1, 0.15) is 226 Å². The zero-order valence-electron chi connectivity index (χ0n) is 47.7. The van der Waals surface area contributed by atoms with Crippen molar-refractivity contribution in [3.63, 3.8) is 0 Å². The Hall–Kier alpha value is -4.12. The van der Waals surface area contributed by atoms with Crippen LogP contribution in [0.4, 0.5) is 0 Å². The Morgan fingerprint density at radius 2 is 0.697 bits per heavy atom. The Morgan fingerprint density at radius 3 is 1.11 bits per heavy atom. The molecule has 12 heteroatoms. The van der Waals surface area contributed by atoms with Gasteiger partial charge >= 0.3 is 25.7 Å². The van der Waals surface area contributed by atoms with Gasteiger partial charge in [0, 0.05) is 19.3 Å². The Labute approximate surface area is 462 Å². The number of aliphatic hydroxyl groups is 1. The Bertz CT molecular complexity index is 1740. The lowest BCUT2D eigenvalue weighted by Crippen LogP contribution is -2.30. The number of phosphoric ester groups is 1. The molecule has 3 unspecified atom stereocenters. The summed E-state index contributed by atoms with van der Waals surface area (Å²) in [4.78, 5) is 48.6. The molecule has 0 saturated heterocycles. The van der Waals surface area contributed by atoms with Crippen molar-refractivity contribution in [1.29, 1.82) is 0 Å². The van der Waals surface area contributed by atoms with Gasteiger partial charge in [-0.15, -0.1) is 0 Å². The number of hydrogen-bond donors (Lipinski definition) is 2. The molecule has 11 nitrogen and oxygen atoms in total. The van der Waals surface area contributed by atoms with Crippen LogP contribution in [0.2, 0.25) is 0 Å². The summed E-state index contributed by atoms with van der Waals surface area (Å²) in [5.41, 5.74) is 0. The molecule has 0 aliphatic rings. The second-order valence-corrected chi connectivity index (χ2v) is 20.5. The molecule has 0 spiro atoms. The van der Waals surface area contributed by atoms with Crippen LogP contribution in [0.15, 0.2) is 122 Å². The summed E-state index contributed by atoms with van der Waals surface area (Å²) in [6, 6.07) is 0. The van der Waals surface area contributed by atoms with Gasteiger partial charge in [0.2, 0.25) is 0 Å². The molecule has 76 heavy (non-hydrogen) atoms. The number of ether oxygens (including phenoxy) is 3. The Kier molecular flexibility index (Phi) is 54.0. The topological polar surface area (TPSA) is 155 Å². The Balaban J connectivity index is 4.85. The van der Waals surface area contributed by atoms with Crippen LogP contribution < -0.4 is 0 Å². The zero-order chi connectivity index (χ0) is 55.5. The van der Waals surface area contributed by atoms with Crippen LogP contribution >= 0.6 is 7.82 Å². The van der Waals surface area contributed by atoms with E-state index in [0.29, 0.717) is 25.7 Å². The number of carbonyl (C=O) groups excluding carboxylic acids is 3. The molecule has 0 aromatic rings. The summed E-state index contributed by atoms with van der Waals surface area (Å²) < 4.78 is 39.5. The first kappa shape index (κ1) is 71.9. The second kappa shape index (κ2) is 57.1. The maximum absolute atomic E-state index is 12.9. The van der Waals surface area contributed by atoms with Gasteiger partial charge in [-0.05, 0) is 122 Å². The number of phosphoric acid groups is 1.